The number of sulfonamides is 1. The van der Waals surface area contributed by atoms with Gasteiger partial charge in [-0.15, -0.1) is 0 Å². The van der Waals surface area contributed by atoms with Crippen LogP contribution in [0.3, 0.4) is 0 Å². The molecule has 156 valence electrons. The van der Waals surface area contributed by atoms with Gasteiger partial charge in [0.05, 0.1) is 22.0 Å². The molecule has 0 saturated carbocycles. The zero-order valence-corrected chi connectivity index (χ0v) is 18.6. The van der Waals surface area contributed by atoms with E-state index in [1.54, 1.807) is 0 Å². The number of carbonyl (C=O) groups excluding carboxylic acids is 1. The molecular formula is C20H23Cl2N3O3S. The summed E-state index contributed by atoms with van der Waals surface area (Å²) < 4.78 is 25.8. The van der Waals surface area contributed by atoms with Gasteiger partial charge in [-0.25, -0.2) is 8.42 Å². The molecule has 9 heteroatoms. The van der Waals surface area contributed by atoms with Gasteiger partial charge in [0.15, 0.2) is 0 Å². The lowest BCUT2D eigenvalue weighted by Crippen LogP contribution is -2.45. The summed E-state index contributed by atoms with van der Waals surface area (Å²) in [5.74, 6) is -0.449. The molecule has 1 fully saturated rings. The van der Waals surface area contributed by atoms with E-state index in [9.17, 15) is 13.2 Å². The van der Waals surface area contributed by atoms with E-state index in [1.807, 2.05) is 24.3 Å². The van der Waals surface area contributed by atoms with Crippen molar-refractivity contribution in [3.8, 4) is 0 Å². The smallest absolute Gasteiger partial charge is 0.247 e. The van der Waals surface area contributed by atoms with Crippen LogP contribution in [-0.2, 0) is 14.8 Å². The number of nitrogens with one attached hydrogen (secondary N) is 1. The molecule has 6 nitrogen and oxygen atoms in total. The van der Waals surface area contributed by atoms with Gasteiger partial charge in [0.25, 0.3) is 0 Å². The Balaban J connectivity index is 1.77. The van der Waals surface area contributed by atoms with Crippen molar-refractivity contribution in [2.45, 2.75) is 25.8 Å². The van der Waals surface area contributed by atoms with Crippen LogP contribution < -0.4 is 14.5 Å². The van der Waals surface area contributed by atoms with E-state index in [0.29, 0.717) is 10.7 Å². The van der Waals surface area contributed by atoms with Crippen LogP contribution in [0, 0.1) is 0 Å². The summed E-state index contributed by atoms with van der Waals surface area (Å²) in [6, 6.07) is 11.0. The van der Waals surface area contributed by atoms with E-state index in [4.69, 9.17) is 23.2 Å². The van der Waals surface area contributed by atoms with Crippen LogP contribution in [-0.4, -0.2) is 39.7 Å². The van der Waals surface area contributed by atoms with E-state index in [-0.39, 0.29) is 10.7 Å². The number of carbonyl (C=O) groups is 1. The normalized spacial score (nSPS) is 15.2. The third-order valence-corrected chi connectivity index (χ3v) is 6.83. The lowest BCUT2D eigenvalue weighted by atomic mass is 10.2. The van der Waals surface area contributed by atoms with Crippen molar-refractivity contribution < 1.29 is 13.2 Å². The zero-order valence-electron chi connectivity index (χ0n) is 16.2. The molecule has 2 aromatic rings. The number of nitrogens with zero attached hydrogens (tertiary/aromatic N) is 2. The van der Waals surface area contributed by atoms with Crippen molar-refractivity contribution in [1.29, 1.82) is 0 Å². The second-order valence-corrected chi connectivity index (χ2v) is 9.74. The maximum atomic E-state index is 12.8. The minimum atomic E-state index is -3.74. The highest BCUT2D eigenvalue weighted by molar-refractivity contribution is 7.92. The van der Waals surface area contributed by atoms with Crippen molar-refractivity contribution in [3.05, 3.63) is 52.5 Å². The van der Waals surface area contributed by atoms with Gasteiger partial charge >= 0.3 is 0 Å². The SMILES string of the molecule is CC(C(=O)Nc1ccc(N2CCCC2)cc1)N(c1ccc(Cl)c(Cl)c1)S(C)(=O)=O. The van der Waals surface area contributed by atoms with E-state index < -0.39 is 22.0 Å². The van der Waals surface area contributed by atoms with Gasteiger partial charge in [-0.1, -0.05) is 23.2 Å². The molecule has 1 unspecified atom stereocenters. The first-order valence-electron chi connectivity index (χ1n) is 9.27. The average Bonchev–Trinajstić information content (AvgIpc) is 3.19. The van der Waals surface area contributed by atoms with Crippen molar-refractivity contribution >= 4 is 56.2 Å². The standard InChI is InChI=1S/C20H23Cl2N3O3S/c1-14(25(29(2,27)28)17-9-10-18(21)19(22)13-17)20(26)23-15-5-7-16(8-6-15)24-11-3-4-12-24/h5-10,13-14H,3-4,11-12H2,1-2H3,(H,23,26). The molecule has 0 bridgehead atoms. The van der Waals surface area contributed by atoms with E-state index in [0.717, 1.165) is 29.3 Å². The minimum Gasteiger partial charge on any atom is -0.372 e. The van der Waals surface area contributed by atoms with Crippen LogP contribution in [0.5, 0.6) is 0 Å². The molecule has 3 rings (SSSR count). The molecular weight excluding hydrogens is 433 g/mol. The monoisotopic (exact) mass is 455 g/mol. The number of halogens is 2. The predicted molar refractivity (Wildman–Crippen MR) is 120 cm³/mol. The van der Waals surface area contributed by atoms with Crippen LogP contribution in [0.25, 0.3) is 0 Å². The quantitative estimate of drug-likeness (QED) is 0.700. The summed E-state index contributed by atoms with van der Waals surface area (Å²) in [6.07, 6.45) is 3.42. The molecule has 29 heavy (non-hydrogen) atoms. The molecule has 1 saturated heterocycles. The fourth-order valence-corrected chi connectivity index (χ4v) is 4.87. The Bertz CT molecular complexity index is 991. The van der Waals surface area contributed by atoms with Gasteiger partial charge in [0, 0.05) is 24.5 Å². The van der Waals surface area contributed by atoms with E-state index in [2.05, 4.69) is 10.2 Å². The fourth-order valence-electron chi connectivity index (χ4n) is 3.41. The molecule has 0 aromatic heterocycles. The Morgan fingerprint density at radius 2 is 1.69 bits per heavy atom. The van der Waals surface area contributed by atoms with Gasteiger partial charge in [0.2, 0.25) is 15.9 Å². The number of anilines is 3. The first-order chi connectivity index (χ1) is 13.7. The third-order valence-electron chi connectivity index (χ3n) is 4.85. The van der Waals surface area contributed by atoms with Crippen LogP contribution in [0.2, 0.25) is 10.0 Å². The highest BCUT2D eigenvalue weighted by Crippen LogP contribution is 2.30. The number of benzene rings is 2. The molecule has 0 spiro atoms. The summed E-state index contributed by atoms with van der Waals surface area (Å²) in [7, 11) is -3.74. The molecule has 1 heterocycles. The van der Waals surface area contributed by atoms with E-state index >= 15 is 0 Å². The highest BCUT2D eigenvalue weighted by atomic mass is 35.5. The topological polar surface area (TPSA) is 69.7 Å². The third kappa shape index (κ3) is 5.15. The van der Waals surface area contributed by atoms with Crippen molar-refractivity contribution in [1.82, 2.24) is 0 Å². The largest absolute Gasteiger partial charge is 0.372 e. The summed E-state index contributed by atoms with van der Waals surface area (Å²) in [6.45, 7) is 3.60. The summed E-state index contributed by atoms with van der Waals surface area (Å²) in [5.41, 5.74) is 1.99. The maximum absolute atomic E-state index is 12.8. The zero-order chi connectivity index (χ0) is 21.2. The van der Waals surface area contributed by atoms with E-state index in [1.165, 1.54) is 38.0 Å². The maximum Gasteiger partial charge on any atom is 0.247 e. The van der Waals surface area contributed by atoms with Crippen LogP contribution in [0.15, 0.2) is 42.5 Å². The number of hydrogen-bond acceptors (Lipinski definition) is 4. The molecule has 1 amide bonds. The molecule has 1 N–H and O–H groups in total. The summed E-state index contributed by atoms with van der Waals surface area (Å²) in [4.78, 5) is 15.1. The highest BCUT2D eigenvalue weighted by Gasteiger charge is 2.29. The number of hydrogen-bond donors (Lipinski definition) is 1. The van der Waals surface area contributed by atoms with Gasteiger partial charge < -0.3 is 10.2 Å². The summed E-state index contributed by atoms with van der Waals surface area (Å²) >= 11 is 12.0. The number of rotatable bonds is 6. The van der Waals surface area contributed by atoms with Gasteiger partial charge in [-0.3, -0.25) is 9.10 Å². The van der Waals surface area contributed by atoms with Crippen LogP contribution >= 0.6 is 23.2 Å². The predicted octanol–water partition coefficient (Wildman–Crippen LogP) is 4.39. The van der Waals surface area contributed by atoms with Crippen molar-refractivity contribution in [2.75, 3.05) is 33.9 Å². The Morgan fingerprint density at radius 1 is 1.07 bits per heavy atom. The van der Waals surface area contributed by atoms with Crippen LogP contribution in [0.4, 0.5) is 17.1 Å². The Labute approximate surface area is 181 Å². The van der Waals surface area contributed by atoms with Gasteiger partial charge in [-0.2, -0.15) is 0 Å². The van der Waals surface area contributed by atoms with Crippen LogP contribution in [0.1, 0.15) is 19.8 Å². The molecule has 0 radical (unpaired) electrons. The Hall–Kier alpha value is -1.96. The molecule has 1 aliphatic rings. The number of amides is 1. The second-order valence-electron chi connectivity index (χ2n) is 7.06. The molecule has 0 aliphatic carbocycles. The van der Waals surface area contributed by atoms with Crippen molar-refractivity contribution in [3.63, 3.8) is 0 Å². The molecule has 2 aromatic carbocycles. The summed E-state index contributed by atoms with van der Waals surface area (Å²) in [5, 5.41) is 3.30. The average molecular weight is 456 g/mol. The van der Waals surface area contributed by atoms with Crippen molar-refractivity contribution in [2.24, 2.45) is 0 Å². The lowest BCUT2D eigenvalue weighted by Gasteiger charge is -2.28. The Morgan fingerprint density at radius 3 is 2.24 bits per heavy atom. The first kappa shape index (κ1) is 21.7. The first-order valence-corrected chi connectivity index (χ1v) is 11.9. The van der Waals surface area contributed by atoms with Gasteiger partial charge in [-0.05, 0) is 62.2 Å². The molecule has 1 atom stereocenters. The minimum absolute atomic E-state index is 0.211. The second kappa shape index (κ2) is 8.81. The lowest BCUT2D eigenvalue weighted by molar-refractivity contribution is -0.116. The van der Waals surface area contributed by atoms with Gasteiger partial charge in [0.1, 0.15) is 6.04 Å². The molecule has 1 aliphatic heterocycles. The fraction of sp³-hybridized carbons (Fsp3) is 0.350. The Kier molecular flexibility index (Phi) is 6.61.